The van der Waals surface area contributed by atoms with Gasteiger partial charge in [-0.1, -0.05) is 29.8 Å². The number of amides is 1. The average Bonchev–Trinajstić information content (AvgIpc) is 2.65. The molecule has 1 atom stereocenters. The van der Waals surface area contributed by atoms with Crippen molar-refractivity contribution in [2.24, 2.45) is 0 Å². The summed E-state index contributed by atoms with van der Waals surface area (Å²) in [5.41, 5.74) is 1.06. The third-order valence-electron chi connectivity index (χ3n) is 4.41. The highest BCUT2D eigenvalue weighted by molar-refractivity contribution is 5.81. The summed E-state index contributed by atoms with van der Waals surface area (Å²) in [6, 6.07) is 11.9. The highest BCUT2D eigenvalue weighted by Crippen LogP contribution is 2.25. The lowest BCUT2D eigenvalue weighted by molar-refractivity contribution is -0.122. The minimum absolute atomic E-state index is 0.280. The summed E-state index contributed by atoms with van der Waals surface area (Å²) in [6.07, 6.45) is 0. The zero-order chi connectivity index (χ0) is 19.6. The van der Waals surface area contributed by atoms with E-state index >= 15 is 0 Å². The summed E-state index contributed by atoms with van der Waals surface area (Å²) in [4.78, 5) is 37.1. The van der Waals surface area contributed by atoms with Gasteiger partial charge < -0.3 is 10.1 Å². The lowest BCUT2D eigenvalue weighted by Crippen LogP contribution is -2.37. The van der Waals surface area contributed by atoms with Crippen molar-refractivity contribution in [1.82, 2.24) is 15.1 Å². The maximum atomic E-state index is 12.5. The fourth-order valence-electron chi connectivity index (χ4n) is 3.06. The molecule has 140 valence electrons. The summed E-state index contributed by atoms with van der Waals surface area (Å²) in [7, 11) is 1.57. The molecule has 0 aliphatic rings. The summed E-state index contributed by atoms with van der Waals surface area (Å²) in [5.74, 6) is 0.281. The number of nitrogens with zero attached hydrogens (tertiary/aromatic N) is 1. The minimum Gasteiger partial charge on any atom is -0.496 e. The van der Waals surface area contributed by atoms with Gasteiger partial charge in [-0.25, -0.2) is 4.68 Å². The second-order valence-corrected chi connectivity index (χ2v) is 6.41. The number of nitrogens with one attached hydrogen (secondary N) is 2. The number of carbonyl (C=O) groups is 1. The number of ether oxygens (including phenoxy) is 1. The van der Waals surface area contributed by atoms with Crippen LogP contribution in [0.4, 0.5) is 0 Å². The number of aryl methyl sites for hydroxylation is 1. The second-order valence-electron chi connectivity index (χ2n) is 6.41. The molecule has 3 aromatic rings. The SMILES string of the molecule is COc1ccc(C)cc1[C@H](C)NC(=O)Cn1[nH]c(=O)c2ccccc2c1=O. The van der Waals surface area contributed by atoms with Gasteiger partial charge in [-0.15, -0.1) is 0 Å². The third kappa shape index (κ3) is 3.76. The van der Waals surface area contributed by atoms with Gasteiger partial charge in [-0.2, -0.15) is 0 Å². The Morgan fingerprint density at radius 1 is 1.19 bits per heavy atom. The number of rotatable bonds is 5. The maximum Gasteiger partial charge on any atom is 0.273 e. The van der Waals surface area contributed by atoms with Crippen LogP contribution in [0.2, 0.25) is 0 Å². The predicted octanol–water partition coefficient (Wildman–Crippen LogP) is 1.88. The molecule has 0 spiro atoms. The Morgan fingerprint density at radius 2 is 1.89 bits per heavy atom. The van der Waals surface area contributed by atoms with Gasteiger partial charge in [-0.05, 0) is 32.0 Å². The molecule has 3 rings (SSSR count). The number of carbonyl (C=O) groups excluding carboxylic acids is 1. The number of aromatic nitrogens is 2. The molecule has 0 unspecified atom stereocenters. The Hall–Kier alpha value is -3.35. The van der Waals surface area contributed by atoms with E-state index in [9.17, 15) is 14.4 Å². The first kappa shape index (κ1) is 18.4. The van der Waals surface area contributed by atoms with Crippen LogP contribution in [-0.4, -0.2) is 22.8 Å². The molecule has 1 heterocycles. The first-order valence-corrected chi connectivity index (χ1v) is 8.56. The molecule has 7 nitrogen and oxygen atoms in total. The van der Waals surface area contributed by atoms with Gasteiger partial charge in [0.2, 0.25) is 5.91 Å². The van der Waals surface area contributed by atoms with Gasteiger partial charge in [0.15, 0.2) is 0 Å². The van der Waals surface area contributed by atoms with E-state index in [0.717, 1.165) is 15.8 Å². The van der Waals surface area contributed by atoms with Crippen molar-refractivity contribution >= 4 is 16.7 Å². The van der Waals surface area contributed by atoms with Crippen LogP contribution in [0.1, 0.15) is 24.1 Å². The number of fused-ring (bicyclic) bond motifs is 1. The van der Waals surface area contributed by atoms with E-state index in [2.05, 4.69) is 10.4 Å². The van der Waals surface area contributed by atoms with E-state index in [1.165, 1.54) is 0 Å². The monoisotopic (exact) mass is 367 g/mol. The van der Waals surface area contributed by atoms with Crippen LogP contribution >= 0.6 is 0 Å². The molecule has 0 fully saturated rings. The standard InChI is InChI=1S/C20H21N3O4/c1-12-8-9-17(27-3)16(10-12)13(2)21-18(24)11-23-20(26)15-7-5-4-6-14(15)19(25)22-23/h4-10,13H,11H2,1-3H3,(H,21,24)(H,22,25)/t13-/m0/s1. The Labute approximate surface area is 155 Å². The zero-order valence-corrected chi connectivity index (χ0v) is 15.4. The topological polar surface area (TPSA) is 93.2 Å². The lowest BCUT2D eigenvalue weighted by atomic mass is 10.0. The van der Waals surface area contributed by atoms with E-state index in [1.54, 1.807) is 31.4 Å². The zero-order valence-electron chi connectivity index (χ0n) is 15.4. The molecule has 0 radical (unpaired) electrons. The molecule has 0 bridgehead atoms. The Balaban J connectivity index is 1.84. The van der Waals surface area contributed by atoms with Crippen molar-refractivity contribution in [3.8, 4) is 5.75 Å². The molecule has 0 saturated carbocycles. The first-order valence-electron chi connectivity index (χ1n) is 8.56. The Bertz CT molecular complexity index is 1110. The number of hydrogen-bond donors (Lipinski definition) is 2. The van der Waals surface area contributed by atoms with Gasteiger partial charge in [0.1, 0.15) is 12.3 Å². The van der Waals surface area contributed by atoms with Crippen molar-refractivity contribution in [2.75, 3.05) is 7.11 Å². The summed E-state index contributed by atoms with van der Waals surface area (Å²) in [5, 5.41) is 5.88. The highest BCUT2D eigenvalue weighted by Gasteiger charge is 2.16. The van der Waals surface area contributed by atoms with E-state index in [0.29, 0.717) is 11.1 Å². The quantitative estimate of drug-likeness (QED) is 0.720. The van der Waals surface area contributed by atoms with Gasteiger partial charge in [-0.3, -0.25) is 19.5 Å². The third-order valence-corrected chi connectivity index (χ3v) is 4.41. The molecule has 27 heavy (non-hydrogen) atoms. The normalized spacial score (nSPS) is 12.0. The van der Waals surface area contributed by atoms with Crippen LogP contribution in [0.3, 0.4) is 0 Å². The number of H-pyrrole nitrogens is 1. The number of benzene rings is 2. The van der Waals surface area contributed by atoms with Crippen molar-refractivity contribution in [3.63, 3.8) is 0 Å². The largest absolute Gasteiger partial charge is 0.496 e. The van der Waals surface area contributed by atoms with Crippen LogP contribution in [-0.2, 0) is 11.3 Å². The number of aromatic amines is 1. The van der Waals surface area contributed by atoms with Crippen molar-refractivity contribution in [3.05, 3.63) is 74.3 Å². The molecule has 1 amide bonds. The minimum atomic E-state index is -0.416. The Kier molecular flexibility index (Phi) is 5.12. The van der Waals surface area contributed by atoms with E-state index in [4.69, 9.17) is 4.74 Å². The molecular weight excluding hydrogens is 346 g/mol. The van der Waals surface area contributed by atoms with Crippen LogP contribution in [0, 0.1) is 6.92 Å². The average molecular weight is 367 g/mol. The summed E-state index contributed by atoms with van der Waals surface area (Å²) >= 11 is 0. The van der Waals surface area contributed by atoms with Gasteiger partial charge >= 0.3 is 0 Å². The molecular formula is C20H21N3O4. The fraction of sp³-hybridized carbons (Fsp3) is 0.250. The van der Waals surface area contributed by atoms with Crippen LogP contribution in [0.25, 0.3) is 10.8 Å². The highest BCUT2D eigenvalue weighted by atomic mass is 16.5. The van der Waals surface area contributed by atoms with Crippen molar-refractivity contribution in [1.29, 1.82) is 0 Å². The number of hydrogen-bond acceptors (Lipinski definition) is 4. The van der Waals surface area contributed by atoms with E-state index in [1.807, 2.05) is 32.0 Å². The van der Waals surface area contributed by atoms with E-state index in [-0.39, 0.29) is 23.9 Å². The second kappa shape index (κ2) is 7.49. The number of methoxy groups -OCH3 is 1. The van der Waals surface area contributed by atoms with Crippen molar-refractivity contribution < 1.29 is 9.53 Å². The molecule has 0 aliphatic heterocycles. The lowest BCUT2D eigenvalue weighted by Gasteiger charge is -2.18. The molecule has 7 heteroatoms. The molecule has 0 aliphatic carbocycles. The van der Waals surface area contributed by atoms with Crippen molar-refractivity contribution in [2.45, 2.75) is 26.4 Å². The molecule has 1 aromatic heterocycles. The predicted molar refractivity (Wildman–Crippen MR) is 103 cm³/mol. The Morgan fingerprint density at radius 3 is 2.59 bits per heavy atom. The fourth-order valence-corrected chi connectivity index (χ4v) is 3.06. The smallest absolute Gasteiger partial charge is 0.273 e. The maximum absolute atomic E-state index is 12.5. The molecule has 2 aromatic carbocycles. The van der Waals surface area contributed by atoms with E-state index < -0.39 is 11.1 Å². The van der Waals surface area contributed by atoms with Gasteiger partial charge in [0.05, 0.1) is 23.9 Å². The molecule has 2 N–H and O–H groups in total. The van der Waals surface area contributed by atoms with Gasteiger partial charge in [0.25, 0.3) is 11.1 Å². The first-order chi connectivity index (χ1) is 12.9. The summed E-state index contributed by atoms with van der Waals surface area (Å²) in [6.45, 7) is 3.51. The van der Waals surface area contributed by atoms with Crippen LogP contribution in [0.5, 0.6) is 5.75 Å². The van der Waals surface area contributed by atoms with Crippen LogP contribution < -0.4 is 21.2 Å². The van der Waals surface area contributed by atoms with Gasteiger partial charge in [0, 0.05) is 5.56 Å². The summed E-state index contributed by atoms with van der Waals surface area (Å²) < 4.78 is 6.38. The molecule has 0 saturated heterocycles. The van der Waals surface area contributed by atoms with Crippen LogP contribution in [0.15, 0.2) is 52.1 Å².